The summed E-state index contributed by atoms with van der Waals surface area (Å²) in [7, 11) is 0. The maximum absolute atomic E-state index is 12.6. The third-order valence-corrected chi connectivity index (χ3v) is 6.95. The number of aryl methyl sites for hydroxylation is 1. The van der Waals surface area contributed by atoms with Crippen molar-refractivity contribution in [3.8, 4) is 0 Å². The highest BCUT2D eigenvalue weighted by molar-refractivity contribution is 5.96. The van der Waals surface area contributed by atoms with Crippen LogP contribution in [-0.4, -0.2) is 12.6 Å². The Kier molecular flexibility index (Phi) is 13.7. The van der Waals surface area contributed by atoms with Gasteiger partial charge in [0.15, 0.2) is 0 Å². The van der Waals surface area contributed by atoms with Crippen molar-refractivity contribution in [3.63, 3.8) is 0 Å². The van der Waals surface area contributed by atoms with Crippen molar-refractivity contribution in [2.75, 3.05) is 11.9 Å². The fraction of sp³-hybridized carbons (Fsp3) is 0.485. The number of carbonyl (C=O) groups is 1. The van der Waals surface area contributed by atoms with Crippen LogP contribution in [0.25, 0.3) is 0 Å². The molecule has 3 heteroatoms. The van der Waals surface area contributed by atoms with Gasteiger partial charge in [-0.15, -0.1) is 6.58 Å². The summed E-state index contributed by atoms with van der Waals surface area (Å²) < 4.78 is 5.41. The Labute approximate surface area is 220 Å². The Morgan fingerprint density at radius 1 is 0.972 bits per heavy atom. The van der Waals surface area contributed by atoms with Crippen LogP contribution >= 0.6 is 0 Å². The monoisotopic (exact) mass is 489 g/mol. The van der Waals surface area contributed by atoms with E-state index in [2.05, 4.69) is 61.8 Å². The molecule has 0 aliphatic carbocycles. The lowest BCUT2D eigenvalue weighted by atomic mass is 9.80. The van der Waals surface area contributed by atoms with Crippen molar-refractivity contribution in [2.45, 2.75) is 85.0 Å². The van der Waals surface area contributed by atoms with Crippen LogP contribution in [-0.2, 0) is 11.2 Å². The molecule has 2 rings (SSSR count). The highest BCUT2D eigenvalue weighted by Gasteiger charge is 2.20. The van der Waals surface area contributed by atoms with E-state index in [0.29, 0.717) is 24.0 Å². The topological polar surface area (TPSA) is 38.3 Å². The number of hydrogen-bond acceptors (Lipinski definition) is 3. The second kappa shape index (κ2) is 16.8. The van der Waals surface area contributed by atoms with Gasteiger partial charge in [0.2, 0.25) is 0 Å². The van der Waals surface area contributed by atoms with Gasteiger partial charge in [-0.25, -0.2) is 4.79 Å². The number of esters is 1. The molecule has 2 aromatic rings. The number of rotatable bonds is 18. The minimum atomic E-state index is -0.282. The van der Waals surface area contributed by atoms with Gasteiger partial charge in [0.1, 0.15) is 0 Å². The summed E-state index contributed by atoms with van der Waals surface area (Å²) in [5.74, 6) is 0.702. The number of ether oxygens (including phenoxy) is 1. The van der Waals surface area contributed by atoms with Crippen LogP contribution in [0.4, 0.5) is 5.69 Å². The zero-order valence-electron chi connectivity index (χ0n) is 22.9. The summed E-state index contributed by atoms with van der Waals surface area (Å²) in [5, 5.41) is 3.46. The van der Waals surface area contributed by atoms with Crippen LogP contribution in [0.3, 0.4) is 0 Å². The minimum Gasteiger partial charge on any atom is -0.462 e. The van der Waals surface area contributed by atoms with Gasteiger partial charge in [-0.2, -0.15) is 0 Å². The highest BCUT2D eigenvalue weighted by Crippen LogP contribution is 2.31. The maximum atomic E-state index is 12.6. The molecule has 2 atom stereocenters. The number of allylic oxidation sites excluding steroid dienone is 2. The quantitative estimate of drug-likeness (QED) is 0.129. The van der Waals surface area contributed by atoms with Crippen molar-refractivity contribution in [3.05, 3.63) is 90.2 Å². The van der Waals surface area contributed by atoms with E-state index in [9.17, 15) is 4.79 Å². The molecule has 0 heterocycles. The van der Waals surface area contributed by atoms with Crippen molar-refractivity contribution < 1.29 is 9.53 Å². The van der Waals surface area contributed by atoms with Crippen LogP contribution in [0.2, 0.25) is 0 Å². The lowest BCUT2D eigenvalue weighted by Gasteiger charge is -2.26. The lowest BCUT2D eigenvalue weighted by molar-refractivity contribution is 0.0506. The Balaban J connectivity index is 2.06. The van der Waals surface area contributed by atoms with E-state index in [1.165, 1.54) is 44.1 Å². The number of unbranched alkanes of at least 4 members (excludes halogenated alkanes) is 4. The van der Waals surface area contributed by atoms with Crippen LogP contribution in [0.5, 0.6) is 0 Å². The number of hydrogen-bond donors (Lipinski definition) is 1. The van der Waals surface area contributed by atoms with Crippen LogP contribution < -0.4 is 5.32 Å². The van der Waals surface area contributed by atoms with E-state index < -0.39 is 0 Å². The summed E-state index contributed by atoms with van der Waals surface area (Å²) in [6.45, 7) is 15.2. The lowest BCUT2D eigenvalue weighted by Crippen LogP contribution is -2.17. The molecule has 0 aliphatic heterocycles. The fourth-order valence-electron chi connectivity index (χ4n) is 4.79. The summed E-state index contributed by atoms with van der Waals surface area (Å²) in [6, 6.07) is 16.5. The third-order valence-electron chi connectivity index (χ3n) is 6.95. The van der Waals surface area contributed by atoms with E-state index in [-0.39, 0.29) is 5.97 Å². The first-order valence-electron chi connectivity index (χ1n) is 13.9. The minimum absolute atomic E-state index is 0.282. The normalized spacial score (nSPS) is 12.5. The molecule has 0 amide bonds. The molecule has 0 saturated heterocycles. The molecule has 0 fully saturated rings. The smallest absolute Gasteiger partial charge is 0.340 e. The van der Waals surface area contributed by atoms with E-state index >= 15 is 0 Å². The van der Waals surface area contributed by atoms with Crippen molar-refractivity contribution in [2.24, 2.45) is 11.8 Å². The zero-order valence-corrected chi connectivity index (χ0v) is 22.9. The Morgan fingerprint density at radius 2 is 1.72 bits per heavy atom. The molecular weight excluding hydrogens is 442 g/mol. The van der Waals surface area contributed by atoms with Gasteiger partial charge < -0.3 is 10.1 Å². The molecule has 0 saturated carbocycles. The molecule has 1 N–H and O–H groups in total. The van der Waals surface area contributed by atoms with Gasteiger partial charge in [0, 0.05) is 5.70 Å². The maximum Gasteiger partial charge on any atom is 0.340 e. The second-order valence-electron chi connectivity index (χ2n) is 9.95. The number of benzene rings is 2. The van der Waals surface area contributed by atoms with Gasteiger partial charge in [-0.3, -0.25) is 0 Å². The molecule has 3 nitrogen and oxygen atoms in total. The fourth-order valence-corrected chi connectivity index (χ4v) is 4.79. The summed E-state index contributed by atoms with van der Waals surface area (Å²) >= 11 is 0. The van der Waals surface area contributed by atoms with Gasteiger partial charge in [-0.05, 0) is 68.1 Å². The van der Waals surface area contributed by atoms with Gasteiger partial charge >= 0.3 is 5.97 Å². The Bertz CT molecular complexity index is 934. The SMILES string of the molecule is C=CC(Cc1ccccc1)C(CCCCCCC)CCC(=C)Nc1c(C)cccc1C(=O)OCCC. The first kappa shape index (κ1) is 29.4. The van der Waals surface area contributed by atoms with Gasteiger partial charge in [0.25, 0.3) is 0 Å². The molecular formula is C33H47NO2. The van der Waals surface area contributed by atoms with E-state index in [4.69, 9.17) is 4.74 Å². The molecule has 0 radical (unpaired) electrons. The van der Waals surface area contributed by atoms with Crippen molar-refractivity contribution in [1.29, 1.82) is 0 Å². The second-order valence-corrected chi connectivity index (χ2v) is 9.95. The van der Waals surface area contributed by atoms with Crippen molar-refractivity contribution in [1.82, 2.24) is 0 Å². The van der Waals surface area contributed by atoms with Crippen LogP contribution in [0, 0.1) is 18.8 Å². The zero-order chi connectivity index (χ0) is 26.2. The molecule has 2 aromatic carbocycles. The largest absolute Gasteiger partial charge is 0.462 e. The first-order valence-corrected chi connectivity index (χ1v) is 13.9. The van der Waals surface area contributed by atoms with E-state index in [1.54, 1.807) is 0 Å². The number of para-hydroxylation sites is 1. The van der Waals surface area contributed by atoms with E-state index in [0.717, 1.165) is 42.6 Å². The van der Waals surface area contributed by atoms with Gasteiger partial charge in [0.05, 0.1) is 17.9 Å². The summed E-state index contributed by atoms with van der Waals surface area (Å²) in [4.78, 5) is 12.6. The van der Waals surface area contributed by atoms with E-state index in [1.807, 2.05) is 32.0 Å². The number of nitrogens with one attached hydrogen (secondary N) is 1. The molecule has 0 aliphatic rings. The van der Waals surface area contributed by atoms with Crippen molar-refractivity contribution >= 4 is 11.7 Å². The Morgan fingerprint density at radius 3 is 2.42 bits per heavy atom. The molecule has 2 unspecified atom stereocenters. The molecule has 0 aromatic heterocycles. The van der Waals surface area contributed by atoms with Crippen LogP contribution in [0.1, 0.15) is 93.1 Å². The molecule has 0 bridgehead atoms. The molecule has 0 spiro atoms. The predicted octanol–water partition coefficient (Wildman–Crippen LogP) is 9.29. The average molecular weight is 490 g/mol. The number of anilines is 1. The first-order chi connectivity index (χ1) is 17.5. The standard InChI is InChI=1S/C33H47NO2/c1-6-9-10-11-15-20-30(29(8-3)25-28-18-13-12-14-19-28)23-22-27(5)34-32-26(4)17-16-21-31(32)33(35)36-24-7-2/h8,12-14,16-19,21,29-30,34H,3,5-7,9-11,15,20,22-25H2,1-2,4H3. The third kappa shape index (κ3) is 10.0. The molecule has 196 valence electrons. The highest BCUT2D eigenvalue weighted by atomic mass is 16.5. The summed E-state index contributed by atoms with van der Waals surface area (Å²) in [6.07, 6.45) is 13.6. The Hall–Kier alpha value is -2.81. The van der Waals surface area contributed by atoms with Gasteiger partial charge in [-0.1, -0.05) is 101 Å². The predicted molar refractivity (Wildman–Crippen MR) is 154 cm³/mol. The average Bonchev–Trinajstić information content (AvgIpc) is 2.89. The van der Waals surface area contributed by atoms with Crippen LogP contribution in [0.15, 0.2) is 73.5 Å². The number of carbonyl (C=O) groups excluding carboxylic acids is 1. The summed E-state index contributed by atoms with van der Waals surface area (Å²) in [5.41, 5.74) is 4.70. The molecule has 36 heavy (non-hydrogen) atoms.